The van der Waals surface area contributed by atoms with Gasteiger partial charge in [0.05, 0.1) is 13.2 Å². The molecular weight excluding hydrogens is 336 g/mol. The Kier molecular flexibility index (Phi) is 5.67. The zero-order valence-electron chi connectivity index (χ0n) is 15.8. The molecule has 3 saturated heterocycles. The summed E-state index contributed by atoms with van der Waals surface area (Å²) in [6.07, 6.45) is 1.95. The minimum atomic E-state index is 0.273. The number of ether oxygens (including phenoxy) is 1. The molecule has 1 unspecified atom stereocenters. The van der Waals surface area contributed by atoms with Crippen LogP contribution in [0.15, 0.2) is 60.7 Å². The second-order valence-corrected chi connectivity index (χ2v) is 7.90. The highest BCUT2D eigenvalue weighted by atomic mass is 16.6. The number of nitrogens with zero attached hydrogens (tertiary/aromatic N) is 2. The first-order valence-electron chi connectivity index (χ1n) is 9.89. The summed E-state index contributed by atoms with van der Waals surface area (Å²) in [5.41, 5.74) is 2.97. The smallest absolute Gasteiger partial charge is 0.148 e. The van der Waals surface area contributed by atoms with Crippen molar-refractivity contribution in [1.82, 2.24) is 9.80 Å². The van der Waals surface area contributed by atoms with E-state index >= 15 is 0 Å². The van der Waals surface area contributed by atoms with Gasteiger partial charge in [-0.15, -0.1) is 0 Å². The number of rotatable bonds is 4. The molecule has 3 fully saturated rings. The molecule has 2 aromatic rings. The van der Waals surface area contributed by atoms with E-state index in [1.165, 1.54) is 24.1 Å². The van der Waals surface area contributed by atoms with E-state index in [1.807, 2.05) is 18.2 Å². The zero-order chi connectivity index (χ0) is 18.5. The minimum absolute atomic E-state index is 0.273. The molecule has 3 aliphatic rings. The van der Waals surface area contributed by atoms with Crippen LogP contribution >= 0.6 is 0 Å². The summed E-state index contributed by atoms with van der Waals surface area (Å²) in [5.74, 6) is 0.371. The Hall–Kier alpha value is -2.01. The Labute approximate surface area is 161 Å². The van der Waals surface area contributed by atoms with Gasteiger partial charge in [0, 0.05) is 39.1 Å². The Morgan fingerprint density at radius 1 is 0.852 bits per heavy atom. The van der Waals surface area contributed by atoms with Crippen LogP contribution in [0.2, 0.25) is 0 Å². The van der Waals surface area contributed by atoms with Crippen molar-refractivity contribution >= 4 is 5.78 Å². The monoisotopic (exact) mass is 364 g/mol. The number of benzene rings is 2. The Bertz CT molecular complexity index is 743. The molecule has 27 heavy (non-hydrogen) atoms. The zero-order valence-corrected chi connectivity index (χ0v) is 15.8. The lowest BCUT2D eigenvalue weighted by Gasteiger charge is -2.14. The van der Waals surface area contributed by atoms with Crippen molar-refractivity contribution in [3.05, 3.63) is 71.8 Å². The number of epoxide rings is 1. The van der Waals surface area contributed by atoms with Crippen molar-refractivity contribution in [2.24, 2.45) is 0 Å². The lowest BCUT2D eigenvalue weighted by Crippen LogP contribution is -2.22. The molecule has 4 nitrogen and oxygen atoms in total. The molecule has 1 atom stereocenters. The number of Topliss-reactive ketones (excluding diaryl/α,β-unsaturated/α-hetero) is 1. The fraction of sp³-hybridized carbons (Fsp3) is 0.435. The topological polar surface area (TPSA) is 36.1 Å². The van der Waals surface area contributed by atoms with Crippen molar-refractivity contribution in [3.63, 3.8) is 0 Å². The van der Waals surface area contributed by atoms with Gasteiger partial charge < -0.3 is 4.74 Å². The third-order valence-corrected chi connectivity index (χ3v) is 5.55. The van der Waals surface area contributed by atoms with E-state index in [-0.39, 0.29) is 5.60 Å². The van der Waals surface area contributed by atoms with E-state index in [0.717, 1.165) is 39.2 Å². The summed E-state index contributed by atoms with van der Waals surface area (Å²) in [6.45, 7) is 6.84. The number of carbonyl (C=O) groups is 1. The van der Waals surface area contributed by atoms with Gasteiger partial charge in [0.25, 0.3) is 0 Å². The van der Waals surface area contributed by atoms with Crippen LogP contribution in [-0.2, 0) is 22.6 Å². The maximum atomic E-state index is 11.0. The lowest BCUT2D eigenvalue weighted by atomic mass is 10.1. The number of carbonyl (C=O) groups excluding carboxylic acids is 1. The van der Waals surface area contributed by atoms with Gasteiger partial charge in [-0.3, -0.25) is 14.6 Å². The molecule has 3 aliphatic heterocycles. The fourth-order valence-corrected chi connectivity index (χ4v) is 3.91. The van der Waals surface area contributed by atoms with E-state index in [9.17, 15) is 4.79 Å². The molecule has 0 radical (unpaired) electrons. The van der Waals surface area contributed by atoms with E-state index in [2.05, 4.69) is 52.3 Å². The number of hydrogen-bond donors (Lipinski definition) is 0. The van der Waals surface area contributed by atoms with Gasteiger partial charge in [0.2, 0.25) is 0 Å². The minimum Gasteiger partial charge on any atom is -0.368 e. The normalized spacial score (nSPS) is 24.8. The summed E-state index contributed by atoms with van der Waals surface area (Å²) in [6, 6.07) is 20.9. The van der Waals surface area contributed by atoms with Crippen LogP contribution < -0.4 is 0 Å². The third kappa shape index (κ3) is 5.25. The number of ketones is 1. The summed E-state index contributed by atoms with van der Waals surface area (Å²) in [4.78, 5) is 15.7. The molecule has 0 aromatic heterocycles. The van der Waals surface area contributed by atoms with Crippen LogP contribution in [0, 0.1) is 0 Å². The molecule has 142 valence electrons. The van der Waals surface area contributed by atoms with E-state index in [0.29, 0.717) is 12.3 Å². The van der Waals surface area contributed by atoms with Crippen LogP contribution in [0.1, 0.15) is 24.0 Å². The van der Waals surface area contributed by atoms with E-state index < -0.39 is 0 Å². The van der Waals surface area contributed by atoms with Crippen LogP contribution in [0.4, 0.5) is 0 Å². The molecule has 0 N–H and O–H groups in total. The molecule has 0 amide bonds. The standard InChI is InChI=1S/C12H15NO.C11H13NO/c1-2-4-11(5-3-1)8-13-7-6-12(9-13)10-14-12;13-11-6-7-12(9-11)8-10-4-2-1-3-5-10/h1-5H,6-10H2;1-5H,6-9H2. The van der Waals surface area contributed by atoms with Gasteiger partial charge in [-0.2, -0.15) is 0 Å². The molecule has 0 bridgehead atoms. The summed E-state index contributed by atoms with van der Waals surface area (Å²) in [7, 11) is 0. The largest absolute Gasteiger partial charge is 0.368 e. The Balaban J connectivity index is 0.000000134. The van der Waals surface area contributed by atoms with Gasteiger partial charge in [-0.05, 0) is 17.5 Å². The fourth-order valence-electron chi connectivity index (χ4n) is 3.91. The van der Waals surface area contributed by atoms with Crippen molar-refractivity contribution < 1.29 is 9.53 Å². The van der Waals surface area contributed by atoms with Gasteiger partial charge in [0.15, 0.2) is 0 Å². The highest BCUT2D eigenvalue weighted by molar-refractivity contribution is 5.82. The average Bonchev–Trinajstić information content (AvgIpc) is 3.15. The van der Waals surface area contributed by atoms with Gasteiger partial charge >= 0.3 is 0 Å². The Morgan fingerprint density at radius 3 is 1.93 bits per heavy atom. The van der Waals surface area contributed by atoms with Crippen molar-refractivity contribution in [1.29, 1.82) is 0 Å². The summed E-state index contributed by atoms with van der Waals surface area (Å²) >= 11 is 0. The molecule has 3 heterocycles. The van der Waals surface area contributed by atoms with E-state index in [4.69, 9.17) is 4.74 Å². The predicted octanol–water partition coefficient (Wildman–Crippen LogP) is 3.12. The summed E-state index contributed by atoms with van der Waals surface area (Å²) in [5, 5.41) is 0. The highest BCUT2D eigenvalue weighted by Crippen LogP contribution is 2.37. The van der Waals surface area contributed by atoms with Crippen LogP contribution in [0.25, 0.3) is 0 Å². The first-order chi connectivity index (χ1) is 13.2. The first kappa shape index (κ1) is 18.4. The van der Waals surface area contributed by atoms with Crippen molar-refractivity contribution in [2.45, 2.75) is 31.5 Å². The van der Waals surface area contributed by atoms with Crippen LogP contribution in [0.5, 0.6) is 0 Å². The molecule has 5 rings (SSSR count). The number of likely N-dealkylation sites (tertiary alicyclic amines) is 2. The SMILES string of the molecule is O=C1CCN(Cc2ccccc2)C1.c1ccc(CN2CCC3(CO3)C2)cc1. The van der Waals surface area contributed by atoms with Gasteiger partial charge in [0.1, 0.15) is 11.4 Å². The molecule has 1 spiro atoms. The van der Waals surface area contributed by atoms with E-state index in [1.54, 1.807) is 0 Å². The second-order valence-electron chi connectivity index (χ2n) is 7.90. The molecule has 0 saturated carbocycles. The van der Waals surface area contributed by atoms with Gasteiger partial charge in [-0.1, -0.05) is 60.7 Å². The second kappa shape index (κ2) is 8.34. The maximum absolute atomic E-state index is 11.0. The average molecular weight is 364 g/mol. The summed E-state index contributed by atoms with van der Waals surface area (Å²) < 4.78 is 5.48. The Morgan fingerprint density at radius 2 is 1.44 bits per heavy atom. The molecule has 2 aromatic carbocycles. The van der Waals surface area contributed by atoms with Crippen molar-refractivity contribution in [3.8, 4) is 0 Å². The maximum Gasteiger partial charge on any atom is 0.148 e. The van der Waals surface area contributed by atoms with Crippen LogP contribution in [-0.4, -0.2) is 54.0 Å². The van der Waals surface area contributed by atoms with Crippen LogP contribution in [0.3, 0.4) is 0 Å². The first-order valence-corrected chi connectivity index (χ1v) is 9.89. The van der Waals surface area contributed by atoms with Gasteiger partial charge in [-0.25, -0.2) is 0 Å². The third-order valence-electron chi connectivity index (χ3n) is 5.55. The number of hydrogen-bond acceptors (Lipinski definition) is 4. The molecular formula is C23H28N2O2. The quantitative estimate of drug-likeness (QED) is 0.781. The molecule has 4 heteroatoms. The lowest BCUT2D eigenvalue weighted by molar-refractivity contribution is -0.116. The van der Waals surface area contributed by atoms with Crippen molar-refractivity contribution in [2.75, 3.05) is 32.8 Å². The predicted molar refractivity (Wildman–Crippen MR) is 106 cm³/mol. The highest BCUT2D eigenvalue weighted by Gasteiger charge is 2.49. The molecule has 0 aliphatic carbocycles.